The fraction of sp³-hybridized carbons (Fsp3) is 0.571. The van der Waals surface area contributed by atoms with E-state index in [1.807, 2.05) is 13.8 Å². The lowest BCUT2D eigenvalue weighted by Gasteiger charge is -2.24. The summed E-state index contributed by atoms with van der Waals surface area (Å²) in [5, 5.41) is 0. The van der Waals surface area contributed by atoms with E-state index in [1.54, 1.807) is 25.3 Å². The van der Waals surface area contributed by atoms with Gasteiger partial charge in [-0.1, -0.05) is 19.9 Å². The van der Waals surface area contributed by atoms with Gasteiger partial charge in [-0.15, -0.1) is 0 Å². The second-order valence-electron chi connectivity index (χ2n) is 5.70. The Bertz CT molecular complexity index is 574. The molecular formula is C14H23BrN2O3S. The highest BCUT2D eigenvalue weighted by Gasteiger charge is 2.23. The Morgan fingerprint density at radius 2 is 2.05 bits per heavy atom. The van der Waals surface area contributed by atoms with E-state index in [1.165, 1.54) is 0 Å². The molecule has 3 N–H and O–H groups in total. The monoisotopic (exact) mass is 378 g/mol. The van der Waals surface area contributed by atoms with E-state index in [4.69, 9.17) is 10.5 Å². The van der Waals surface area contributed by atoms with E-state index < -0.39 is 10.0 Å². The minimum absolute atomic E-state index is 0.174. The van der Waals surface area contributed by atoms with Gasteiger partial charge in [0.2, 0.25) is 10.0 Å². The van der Waals surface area contributed by atoms with Gasteiger partial charge in [-0.05, 0) is 45.5 Å². The smallest absolute Gasteiger partial charge is 0.241 e. The molecule has 0 aliphatic heterocycles. The first kappa shape index (κ1) is 18.6. The topological polar surface area (TPSA) is 81.4 Å². The highest BCUT2D eigenvalue weighted by Crippen LogP contribution is 2.25. The quantitative estimate of drug-likeness (QED) is 0.726. The van der Waals surface area contributed by atoms with Gasteiger partial charge in [0.25, 0.3) is 0 Å². The zero-order valence-corrected chi connectivity index (χ0v) is 15.1. The lowest BCUT2D eigenvalue weighted by molar-refractivity contribution is 0.153. The molecule has 0 aromatic heterocycles. The van der Waals surface area contributed by atoms with Gasteiger partial charge in [-0.25, -0.2) is 13.1 Å². The Hall–Kier alpha value is -0.470. The van der Waals surface area contributed by atoms with Crippen molar-refractivity contribution in [2.24, 2.45) is 11.1 Å². The fourth-order valence-corrected chi connectivity index (χ4v) is 4.09. The van der Waals surface area contributed by atoms with Crippen LogP contribution in [0.4, 0.5) is 0 Å². The van der Waals surface area contributed by atoms with Crippen LogP contribution in [0.25, 0.3) is 0 Å². The maximum absolute atomic E-state index is 12.4. The number of halogens is 1. The highest BCUT2D eigenvalue weighted by molar-refractivity contribution is 9.10. The Morgan fingerprint density at radius 3 is 2.57 bits per heavy atom. The van der Waals surface area contributed by atoms with Gasteiger partial charge < -0.3 is 10.5 Å². The zero-order chi connectivity index (χ0) is 16.1. The van der Waals surface area contributed by atoms with Crippen LogP contribution in [0.5, 0.6) is 0 Å². The maximum Gasteiger partial charge on any atom is 0.241 e. The maximum atomic E-state index is 12.4. The Labute approximate surface area is 135 Å². The molecule has 0 radical (unpaired) electrons. The van der Waals surface area contributed by atoms with E-state index >= 15 is 0 Å². The first-order chi connectivity index (χ1) is 9.72. The molecule has 0 spiro atoms. The molecule has 0 amide bonds. The first-order valence-corrected chi connectivity index (χ1v) is 8.96. The van der Waals surface area contributed by atoms with Crippen molar-refractivity contribution in [3.8, 4) is 0 Å². The molecule has 0 unspecified atom stereocenters. The molecule has 1 aromatic carbocycles. The van der Waals surface area contributed by atoms with Gasteiger partial charge in [0, 0.05) is 31.3 Å². The van der Waals surface area contributed by atoms with Crippen molar-refractivity contribution in [3.05, 3.63) is 28.2 Å². The third-order valence-corrected chi connectivity index (χ3v) is 5.62. The standard InChI is InChI=1S/C14H23BrN2O3S/c1-14(2,6-7-20-3)10-17-21(18,19)13-5-4-11(9-16)8-12(13)15/h4-5,8,17H,6-7,9-10,16H2,1-3H3. The van der Waals surface area contributed by atoms with Crippen molar-refractivity contribution >= 4 is 26.0 Å². The van der Waals surface area contributed by atoms with E-state index in [9.17, 15) is 8.42 Å². The van der Waals surface area contributed by atoms with Gasteiger partial charge in [-0.3, -0.25) is 0 Å². The molecule has 120 valence electrons. The van der Waals surface area contributed by atoms with Crippen LogP contribution >= 0.6 is 15.9 Å². The van der Waals surface area contributed by atoms with Gasteiger partial charge >= 0.3 is 0 Å². The van der Waals surface area contributed by atoms with Crippen molar-refractivity contribution in [1.29, 1.82) is 0 Å². The van der Waals surface area contributed by atoms with Crippen LogP contribution in [0, 0.1) is 5.41 Å². The summed E-state index contributed by atoms with van der Waals surface area (Å²) in [5.74, 6) is 0. The third kappa shape index (κ3) is 5.67. The number of benzene rings is 1. The minimum atomic E-state index is -3.55. The highest BCUT2D eigenvalue weighted by atomic mass is 79.9. The molecule has 0 saturated carbocycles. The Kier molecular flexibility index (Phi) is 6.80. The Morgan fingerprint density at radius 1 is 1.38 bits per heavy atom. The largest absolute Gasteiger partial charge is 0.385 e. The van der Waals surface area contributed by atoms with Crippen molar-refractivity contribution in [1.82, 2.24) is 4.72 Å². The molecule has 7 heteroatoms. The van der Waals surface area contributed by atoms with E-state index in [0.717, 1.165) is 12.0 Å². The zero-order valence-electron chi connectivity index (χ0n) is 12.6. The van der Waals surface area contributed by atoms with Crippen molar-refractivity contribution in [3.63, 3.8) is 0 Å². The molecule has 0 atom stereocenters. The molecule has 0 fully saturated rings. The molecule has 0 bridgehead atoms. The van der Waals surface area contributed by atoms with Crippen LogP contribution in [0.15, 0.2) is 27.6 Å². The van der Waals surface area contributed by atoms with E-state index in [-0.39, 0.29) is 10.3 Å². The molecule has 21 heavy (non-hydrogen) atoms. The summed E-state index contributed by atoms with van der Waals surface area (Å²) in [5.41, 5.74) is 6.24. The first-order valence-electron chi connectivity index (χ1n) is 6.69. The predicted octanol–water partition coefficient (Wildman–Crippen LogP) is 2.25. The number of nitrogens with one attached hydrogen (secondary N) is 1. The van der Waals surface area contributed by atoms with Gasteiger partial charge in [0.1, 0.15) is 0 Å². The molecule has 0 aliphatic carbocycles. The van der Waals surface area contributed by atoms with Gasteiger partial charge in [0.15, 0.2) is 0 Å². The number of hydrogen-bond acceptors (Lipinski definition) is 4. The number of rotatable bonds is 8. The second kappa shape index (κ2) is 7.69. The third-order valence-electron chi connectivity index (χ3n) is 3.25. The summed E-state index contributed by atoms with van der Waals surface area (Å²) in [4.78, 5) is 0.224. The summed E-state index contributed by atoms with van der Waals surface area (Å²) < 4.78 is 33.0. The molecule has 1 rings (SSSR count). The van der Waals surface area contributed by atoms with Crippen LogP contribution in [0.2, 0.25) is 0 Å². The number of methoxy groups -OCH3 is 1. The number of nitrogens with two attached hydrogens (primary N) is 1. The van der Waals surface area contributed by atoms with E-state index in [2.05, 4.69) is 20.7 Å². The summed E-state index contributed by atoms with van der Waals surface area (Å²) in [6.07, 6.45) is 0.777. The fourth-order valence-electron chi connectivity index (χ4n) is 1.72. The lowest BCUT2D eigenvalue weighted by Crippen LogP contribution is -2.34. The molecule has 0 heterocycles. The summed E-state index contributed by atoms with van der Waals surface area (Å²) >= 11 is 3.29. The van der Waals surface area contributed by atoms with Crippen LogP contribution in [-0.2, 0) is 21.3 Å². The number of sulfonamides is 1. The average molecular weight is 379 g/mol. The summed E-state index contributed by atoms with van der Waals surface area (Å²) in [6.45, 7) is 5.33. The van der Waals surface area contributed by atoms with Crippen LogP contribution in [0.1, 0.15) is 25.8 Å². The van der Waals surface area contributed by atoms with Gasteiger partial charge in [0.05, 0.1) is 4.90 Å². The lowest BCUT2D eigenvalue weighted by atomic mass is 9.90. The van der Waals surface area contributed by atoms with Crippen molar-refractivity contribution < 1.29 is 13.2 Å². The number of hydrogen-bond donors (Lipinski definition) is 2. The average Bonchev–Trinajstić information content (AvgIpc) is 2.43. The summed E-state index contributed by atoms with van der Waals surface area (Å²) in [6, 6.07) is 5.01. The second-order valence-corrected chi connectivity index (χ2v) is 8.29. The molecular weight excluding hydrogens is 356 g/mol. The molecule has 5 nitrogen and oxygen atoms in total. The number of ether oxygens (including phenoxy) is 1. The molecule has 1 aromatic rings. The predicted molar refractivity (Wildman–Crippen MR) is 87.5 cm³/mol. The van der Waals surface area contributed by atoms with E-state index in [0.29, 0.717) is 24.2 Å². The van der Waals surface area contributed by atoms with Crippen LogP contribution in [0.3, 0.4) is 0 Å². The van der Waals surface area contributed by atoms with Crippen molar-refractivity contribution in [2.75, 3.05) is 20.3 Å². The molecule has 0 saturated heterocycles. The van der Waals surface area contributed by atoms with Gasteiger partial charge in [-0.2, -0.15) is 0 Å². The summed E-state index contributed by atoms with van der Waals surface area (Å²) in [7, 11) is -1.92. The SMILES string of the molecule is COCCC(C)(C)CNS(=O)(=O)c1ccc(CN)cc1Br. The Balaban J connectivity index is 2.82. The molecule has 0 aliphatic rings. The minimum Gasteiger partial charge on any atom is -0.385 e. The normalized spacial score (nSPS) is 12.6. The van der Waals surface area contributed by atoms with Crippen molar-refractivity contribution in [2.45, 2.75) is 31.7 Å². The van der Waals surface area contributed by atoms with Crippen LogP contribution in [-0.4, -0.2) is 28.7 Å². The van der Waals surface area contributed by atoms with Crippen LogP contribution < -0.4 is 10.5 Å².